The summed E-state index contributed by atoms with van der Waals surface area (Å²) >= 11 is 0. The zero-order valence-electron chi connectivity index (χ0n) is 18.9. The third-order valence-electron chi connectivity index (χ3n) is 6.15. The lowest BCUT2D eigenvalue weighted by atomic mass is 9.87. The minimum absolute atomic E-state index is 0.0233. The molecule has 3 aromatic carbocycles. The van der Waals surface area contributed by atoms with Crippen LogP contribution in [0.25, 0.3) is 10.9 Å². The third kappa shape index (κ3) is 4.54. The van der Waals surface area contributed by atoms with E-state index in [-0.39, 0.29) is 17.9 Å². The molecule has 1 amide bonds. The van der Waals surface area contributed by atoms with Crippen molar-refractivity contribution in [1.82, 2.24) is 10.3 Å². The first-order valence-corrected chi connectivity index (χ1v) is 11.2. The molecule has 0 saturated heterocycles. The summed E-state index contributed by atoms with van der Waals surface area (Å²) in [5.74, 6) is 0.726. The molecular weight excluding hydrogens is 396 g/mol. The molecule has 4 nitrogen and oxygen atoms in total. The number of rotatable bonds is 8. The highest BCUT2D eigenvalue weighted by atomic mass is 16.5. The predicted octanol–water partition coefficient (Wildman–Crippen LogP) is 6.14. The fourth-order valence-corrected chi connectivity index (χ4v) is 4.40. The summed E-state index contributed by atoms with van der Waals surface area (Å²) in [5, 5.41) is 4.34. The molecule has 0 radical (unpaired) electrons. The van der Waals surface area contributed by atoms with Crippen LogP contribution < -0.4 is 10.1 Å². The number of amides is 1. The molecule has 2 N–H and O–H groups in total. The minimum Gasteiger partial charge on any atom is -0.497 e. The van der Waals surface area contributed by atoms with E-state index < -0.39 is 0 Å². The molecule has 32 heavy (non-hydrogen) atoms. The lowest BCUT2D eigenvalue weighted by molar-refractivity contribution is -0.121. The zero-order chi connectivity index (χ0) is 22.5. The first-order chi connectivity index (χ1) is 15.6. The van der Waals surface area contributed by atoms with Crippen molar-refractivity contribution in [3.05, 3.63) is 101 Å². The van der Waals surface area contributed by atoms with Gasteiger partial charge in [0.1, 0.15) is 5.75 Å². The largest absolute Gasteiger partial charge is 0.497 e. The van der Waals surface area contributed by atoms with Crippen LogP contribution in [0.3, 0.4) is 0 Å². The van der Waals surface area contributed by atoms with Gasteiger partial charge in [-0.2, -0.15) is 0 Å². The highest BCUT2D eigenvalue weighted by Gasteiger charge is 2.23. The number of aromatic nitrogens is 1. The topological polar surface area (TPSA) is 54.1 Å². The van der Waals surface area contributed by atoms with Gasteiger partial charge in [-0.3, -0.25) is 4.79 Å². The lowest BCUT2D eigenvalue weighted by Crippen LogP contribution is -2.28. The molecule has 2 atom stereocenters. The summed E-state index contributed by atoms with van der Waals surface area (Å²) in [6, 6.07) is 24.4. The van der Waals surface area contributed by atoms with E-state index in [1.807, 2.05) is 55.5 Å². The third-order valence-corrected chi connectivity index (χ3v) is 6.15. The van der Waals surface area contributed by atoms with Crippen LogP contribution in [0, 0.1) is 0 Å². The van der Waals surface area contributed by atoms with E-state index in [2.05, 4.69) is 47.7 Å². The summed E-state index contributed by atoms with van der Waals surface area (Å²) in [4.78, 5) is 16.6. The molecule has 164 valence electrons. The van der Waals surface area contributed by atoms with Crippen molar-refractivity contribution in [3.8, 4) is 5.75 Å². The number of carbonyl (C=O) groups excluding carboxylic acids is 1. The van der Waals surface area contributed by atoms with Crippen molar-refractivity contribution in [2.45, 2.75) is 38.6 Å². The predicted molar refractivity (Wildman–Crippen MR) is 130 cm³/mol. The minimum atomic E-state index is -0.0890. The SMILES string of the molecule is CCc1cccc2c([C@H](CC(=O)N[C@H](C)c3ccccc3)c3cccc(OC)c3)c[nH]c12. The standard InChI is InChI=1S/C28H30N2O2/c1-4-20-12-9-15-24-26(18-29-28(20)24)25(22-13-8-14-23(16-22)32-3)17-27(31)30-19(2)21-10-6-5-7-11-21/h5-16,18-19,25,29H,4,17H2,1-3H3,(H,30,31)/t19-,25-/m1/s1. The summed E-state index contributed by atoms with van der Waals surface area (Å²) in [6.45, 7) is 4.18. The Balaban J connectivity index is 1.68. The monoisotopic (exact) mass is 426 g/mol. The Bertz CT molecular complexity index is 1200. The first kappa shape index (κ1) is 21.7. The summed E-state index contributed by atoms with van der Waals surface area (Å²) in [5.41, 5.74) is 5.72. The number of methoxy groups -OCH3 is 1. The number of aromatic amines is 1. The van der Waals surface area contributed by atoms with Gasteiger partial charge in [-0.15, -0.1) is 0 Å². The maximum Gasteiger partial charge on any atom is 0.221 e. The molecule has 0 fully saturated rings. The normalized spacial score (nSPS) is 13.0. The molecule has 0 unspecified atom stereocenters. The van der Waals surface area contributed by atoms with Gasteiger partial charge in [0, 0.05) is 29.4 Å². The Morgan fingerprint density at radius 3 is 2.50 bits per heavy atom. The molecular formula is C28H30N2O2. The highest BCUT2D eigenvalue weighted by molar-refractivity contribution is 5.88. The summed E-state index contributed by atoms with van der Waals surface area (Å²) < 4.78 is 5.47. The van der Waals surface area contributed by atoms with Crippen LogP contribution in [-0.4, -0.2) is 18.0 Å². The van der Waals surface area contributed by atoms with Crippen LogP contribution in [0.2, 0.25) is 0 Å². The van der Waals surface area contributed by atoms with E-state index >= 15 is 0 Å². The number of aryl methyl sites for hydroxylation is 1. The van der Waals surface area contributed by atoms with Crippen molar-refractivity contribution in [1.29, 1.82) is 0 Å². The Kier molecular flexibility index (Phi) is 6.60. The van der Waals surface area contributed by atoms with Gasteiger partial charge >= 0.3 is 0 Å². The van der Waals surface area contributed by atoms with E-state index in [0.29, 0.717) is 6.42 Å². The fraction of sp³-hybridized carbons (Fsp3) is 0.250. The van der Waals surface area contributed by atoms with Crippen molar-refractivity contribution >= 4 is 16.8 Å². The van der Waals surface area contributed by atoms with Gasteiger partial charge in [0.15, 0.2) is 0 Å². The molecule has 0 saturated carbocycles. The number of para-hydroxylation sites is 1. The van der Waals surface area contributed by atoms with E-state index in [0.717, 1.165) is 34.4 Å². The van der Waals surface area contributed by atoms with Crippen LogP contribution in [-0.2, 0) is 11.2 Å². The number of nitrogens with one attached hydrogen (secondary N) is 2. The van der Waals surface area contributed by atoms with E-state index in [4.69, 9.17) is 4.74 Å². The molecule has 0 aliphatic rings. The van der Waals surface area contributed by atoms with Crippen molar-refractivity contribution < 1.29 is 9.53 Å². The van der Waals surface area contributed by atoms with Gasteiger partial charge < -0.3 is 15.0 Å². The van der Waals surface area contributed by atoms with Gasteiger partial charge in [-0.1, -0.05) is 67.6 Å². The van der Waals surface area contributed by atoms with E-state index in [1.54, 1.807) is 7.11 Å². The second kappa shape index (κ2) is 9.73. The first-order valence-electron chi connectivity index (χ1n) is 11.2. The second-order valence-corrected chi connectivity index (χ2v) is 8.17. The number of fused-ring (bicyclic) bond motifs is 1. The number of H-pyrrole nitrogens is 1. The Morgan fingerprint density at radius 2 is 1.75 bits per heavy atom. The van der Waals surface area contributed by atoms with Crippen molar-refractivity contribution in [2.75, 3.05) is 7.11 Å². The van der Waals surface area contributed by atoms with Gasteiger partial charge in [0.2, 0.25) is 5.91 Å². The van der Waals surface area contributed by atoms with Gasteiger partial charge in [0.25, 0.3) is 0 Å². The van der Waals surface area contributed by atoms with E-state index in [9.17, 15) is 4.79 Å². The molecule has 1 heterocycles. The number of hydrogen-bond acceptors (Lipinski definition) is 2. The quantitative estimate of drug-likeness (QED) is 0.356. The van der Waals surface area contributed by atoms with Crippen molar-refractivity contribution in [3.63, 3.8) is 0 Å². The molecule has 0 aliphatic heterocycles. The number of carbonyl (C=O) groups is 1. The number of benzene rings is 3. The van der Waals surface area contributed by atoms with Crippen molar-refractivity contribution in [2.24, 2.45) is 0 Å². The van der Waals surface area contributed by atoms with Crippen LogP contribution in [0.5, 0.6) is 5.75 Å². The average Bonchev–Trinajstić information content (AvgIpc) is 3.27. The smallest absolute Gasteiger partial charge is 0.221 e. The number of ether oxygens (including phenoxy) is 1. The van der Waals surface area contributed by atoms with Crippen LogP contribution >= 0.6 is 0 Å². The van der Waals surface area contributed by atoms with Crippen LogP contribution in [0.4, 0.5) is 0 Å². The zero-order valence-corrected chi connectivity index (χ0v) is 18.9. The molecule has 1 aromatic heterocycles. The van der Waals surface area contributed by atoms with Gasteiger partial charge in [0.05, 0.1) is 13.2 Å². The molecule has 4 aromatic rings. The Morgan fingerprint density at radius 1 is 1.00 bits per heavy atom. The molecule has 0 aliphatic carbocycles. The Labute approximate surface area is 189 Å². The van der Waals surface area contributed by atoms with Gasteiger partial charge in [-0.05, 0) is 47.7 Å². The molecule has 0 bridgehead atoms. The Hall–Kier alpha value is -3.53. The average molecular weight is 427 g/mol. The van der Waals surface area contributed by atoms with Gasteiger partial charge in [-0.25, -0.2) is 0 Å². The van der Waals surface area contributed by atoms with Crippen LogP contribution in [0.15, 0.2) is 79.0 Å². The second-order valence-electron chi connectivity index (χ2n) is 8.17. The maximum absolute atomic E-state index is 13.2. The fourth-order valence-electron chi connectivity index (χ4n) is 4.40. The number of hydrogen-bond donors (Lipinski definition) is 2. The summed E-state index contributed by atoms with van der Waals surface area (Å²) in [6.07, 6.45) is 3.37. The van der Waals surface area contributed by atoms with Crippen LogP contribution in [0.1, 0.15) is 54.5 Å². The maximum atomic E-state index is 13.2. The van der Waals surface area contributed by atoms with E-state index in [1.165, 1.54) is 10.9 Å². The molecule has 0 spiro atoms. The molecule has 4 heteroatoms. The molecule has 4 rings (SSSR count). The lowest BCUT2D eigenvalue weighted by Gasteiger charge is -2.20. The highest BCUT2D eigenvalue weighted by Crippen LogP contribution is 2.36. The summed E-state index contributed by atoms with van der Waals surface area (Å²) in [7, 11) is 1.67.